The minimum absolute atomic E-state index is 0.0617. The number of allylic oxidation sites excluding steroid dienone is 2. The number of nitrogens with one attached hydrogen (secondary N) is 1. The van der Waals surface area contributed by atoms with Gasteiger partial charge in [0, 0.05) is 41.5 Å². The fourth-order valence-corrected chi connectivity index (χ4v) is 7.23. The van der Waals surface area contributed by atoms with Crippen molar-refractivity contribution in [3.8, 4) is 0 Å². The van der Waals surface area contributed by atoms with Crippen LogP contribution in [0.2, 0.25) is 0 Å². The topological polar surface area (TPSA) is 64.0 Å². The molecule has 0 spiro atoms. The number of fused-ring (bicyclic) bond motifs is 1. The number of benzene rings is 1. The molecule has 7 rings (SSSR count). The second-order valence-electron chi connectivity index (χ2n) is 10.9. The number of rotatable bonds is 5. The van der Waals surface area contributed by atoms with E-state index in [4.69, 9.17) is 0 Å². The highest BCUT2D eigenvalue weighted by Gasteiger charge is 2.52. The number of hydrogen-bond acceptors (Lipinski definition) is 3. The molecule has 1 aromatic carbocycles. The van der Waals surface area contributed by atoms with Crippen molar-refractivity contribution in [1.29, 1.82) is 0 Å². The number of hydrogen-bond donors (Lipinski definition) is 1. The van der Waals surface area contributed by atoms with E-state index in [9.17, 15) is 9.59 Å². The van der Waals surface area contributed by atoms with Crippen LogP contribution >= 0.6 is 0 Å². The van der Waals surface area contributed by atoms with Gasteiger partial charge < -0.3 is 9.88 Å². The summed E-state index contributed by atoms with van der Waals surface area (Å²) in [7, 11) is 0. The normalized spacial score (nSPS) is 27.5. The molecular formula is C28H29N3O2. The lowest BCUT2D eigenvalue weighted by molar-refractivity contribution is -0.121. The molecule has 3 unspecified atom stereocenters. The van der Waals surface area contributed by atoms with Crippen LogP contribution in [-0.2, 0) is 11.3 Å². The molecule has 4 aliphatic rings. The molecular weight excluding hydrogens is 410 g/mol. The van der Waals surface area contributed by atoms with Crippen LogP contribution in [0.4, 0.5) is 5.69 Å². The summed E-state index contributed by atoms with van der Waals surface area (Å²) < 4.78 is 1.69. The first-order valence-corrected chi connectivity index (χ1v) is 11.9. The Morgan fingerprint density at radius 1 is 1.18 bits per heavy atom. The van der Waals surface area contributed by atoms with Crippen LogP contribution in [0.25, 0.3) is 10.8 Å². The third-order valence-electron chi connectivity index (χ3n) is 7.86. The van der Waals surface area contributed by atoms with Gasteiger partial charge in [-0.05, 0) is 78.7 Å². The van der Waals surface area contributed by atoms with E-state index in [1.165, 1.54) is 19.3 Å². The maximum Gasteiger partial charge on any atom is 0.258 e. The number of pyridine rings is 2. The second kappa shape index (κ2) is 7.41. The molecule has 1 amide bonds. The molecule has 0 radical (unpaired) electrons. The molecule has 1 N–H and O–H groups in total. The lowest BCUT2D eigenvalue weighted by atomic mass is 9.48. The van der Waals surface area contributed by atoms with Gasteiger partial charge in [-0.1, -0.05) is 30.7 Å². The first kappa shape index (κ1) is 20.4. The van der Waals surface area contributed by atoms with Crippen molar-refractivity contribution in [3.63, 3.8) is 0 Å². The van der Waals surface area contributed by atoms with Crippen LogP contribution in [0.5, 0.6) is 0 Å². The monoisotopic (exact) mass is 439 g/mol. The van der Waals surface area contributed by atoms with Gasteiger partial charge in [-0.15, -0.1) is 0 Å². The summed E-state index contributed by atoms with van der Waals surface area (Å²) in [5.41, 5.74) is 3.58. The Balaban J connectivity index is 1.24. The largest absolute Gasteiger partial charge is 0.325 e. The predicted octanol–water partition coefficient (Wildman–Crippen LogP) is 5.30. The first-order chi connectivity index (χ1) is 15.9. The highest BCUT2D eigenvalue weighted by molar-refractivity contribution is 6.02. The zero-order chi connectivity index (χ0) is 22.6. The van der Waals surface area contributed by atoms with Crippen LogP contribution in [0, 0.1) is 16.7 Å². The zero-order valence-corrected chi connectivity index (χ0v) is 19.0. The molecule has 0 aliphatic heterocycles. The Morgan fingerprint density at radius 2 is 2.09 bits per heavy atom. The van der Waals surface area contributed by atoms with Crippen molar-refractivity contribution in [2.75, 3.05) is 5.32 Å². The minimum Gasteiger partial charge on any atom is -0.325 e. The van der Waals surface area contributed by atoms with Crippen LogP contribution in [0.15, 0.2) is 71.4 Å². The van der Waals surface area contributed by atoms with E-state index in [0.29, 0.717) is 18.4 Å². The lowest BCUT2D eigenvalue weighted by Gasteiger charge is -2.57. The minimum atomic E-state index is -0.0617. The third-order valence-corrected chi connectivity index (χ3v) is 7.86. The Hall–Kier alpha value is -3.21. The maximum atomic E-state index is 13.2. The summed E-state index contributed by atoms with van der Waals surface area (Å²) in [6, 6.07) is 11.3. The van der Waals surface area contributed by atoms with Gasteiger partial charge in [0.05, 0.1) is 6.54 Å². The molecule has 168 valence electrons. The van der Waals surface area contributed by atoms with Crippen molar-refractivity contribution < 1.29 is 4.79 Å². The van der Waals surface area contributed by atoms with Crippen LogP contribution in [0.3, 0.4) is 0 Å². The molecule has 2 saturated carbocycles. The molecule has 3 atom stereocenters. The van der Waals surface area contributed by atoms with E-state index in [1.807, 2.05) is 36.4 Å². The molecule has 4 bridgehead atoms. The van der Waals surface area contributed by atoms with E-state index in [2.05, 4.69) is 23.3 Å². The fraction of sp³-hybridized carbons (Fsp3) is 0.393. The summed E-state index contributed by atoms with van der Waals surface area (Å²) in [5, 5.41) is 4.56. The molecule has 5 nitrogen and oxygen atoms in total. The summed E-state index contributed by atoms with van der Waals surface area (Å²) in [6.07, 6.45) is 14.2. The van der Waals surface area contributed by atoms with Gasteiger partial charge in [0.15, 0.2) is 0 Å². The van der Waals surface area contributed by atoms with E-state index in [0.717, 1.165) is 35.4 Å². The van der Waals surface area contributed by atoms with E-state index in [1.54, 1.807) is 28.7 Å². The average Bonchev–Trinajstić information content (AvgIpc) is 2.74. The lowest BCUT2D eigenvalue weighted by Crippen LogP contribution is -2.47. The van der Waals surface area contributed by atoms with Crippen molar-refractivity contribution in [2.45, 2.75) is 52.0 Å². The number of anilines is 1. The Bertz CT molecular complexity index is 1340. The van der Waals surface area contributed by atoms with Gasteiger partial charge >= 0.3 is 0 Å². The van der Waals surface area contributed by atoms with Crippen molar-refractivity contribution in [3.05, 3.63) is 82.6 Å². The molecule has 0 saturated heterocycles. The van der Waals surface area contributed by atoms with Gasteiger partial charge in [0.25, 0.3) is 5.56 Å². The number of carbonyl (C=O) groups is 1. The fourth-order valence-electron chi connectivity index (χ4n) is 7.23. The highest BCUT2D eigenvalue weighted by atomic mass is 16.1. The Labute approximate surface area is 193 Å². The quantitative estimate of drug-likeness (QED) is 0.549. The van der Waals surface area contributed by atoms with Crippen LogP contribution < -0.4 is 10.9 Å². The average molecular weight is 440 g/mol. The molecule has 2 fully saturated rings. The van der Waals surface area contributed by atoms with Gasteiger partial charge in [-0.2, -0.15) is 0 Å². The van der Waals surface area contributed by atoms with Gasteiger partial charge in [-0.3, -0.25) is 14.6 Å². The third kappa shape index (κ3) is 3.69. The van der Waals surface area contributed by atoms with E-state index in [-0.39, 0.29) is 22.3 Å². The number of nitrogens with zero attached hydrogens (tertiary/aromatic N) is 2. The molecule has 4 aliphatic carbocycles. The molecule has 33 heavy (non-hydrogen) atoms. The standard InChI is InChI=1S/C28H29N3O2/c1-27-11-20-10-21(12-27)14-28(13-20,18-27)15-25(32)30-24-6-2-5-23-22(24)7-9-31(26(23)33)17-19-4-3-8-29-16-19/h2-9,11,16,21H,10,12-15,17-18H2,1H3,(H,30,32). The Morgan fingerprint density at radius 3 is 2.88 bits per heavy atom. The number of aromatic nitrogens is 2. The number of carbonyl (C=O) groups excluding carboxylic acids is 1. The second-order valence-corrected chi connectivity index (χ2v) is 10.9. The summed E-state index contributed by atoms with van der Waals surface area (Å²) in [4.78, 5) is 30.5. The van der Waals surface area contributed by atoms with Crippen molar-refractivity contribution in [1.82, 2.24) is 9.55 Å². The summed E-state index contributed by atoms with van der Waals surface area (Å²) in [5.74, 6) is 0.800. The predicted molar refractivity (Wildman–Crippen MR) is 130 cm³/mol. The van der Waals surface area contributed by atoms with Gasteiger partial charge in [0.1, 0.15) is 0 Å². The molecule has 2 heterocycles. The van der Waals surface area contributed by atoms with Gasteiger partial charge in [-0.25, -0.2) is 0 Å². The molecule has 2 aromatic heterocycles. The van der Waals surface area contributed by atoms with Crippen LogP contribution in [0.1, 0.15) is 51.0 Å². The van der Waals surface area contributed by atoms with Gasteiger partial charge in [0.2, 0.25) is 5.91 Å². The SMILES string of the molecule is CC12C=C3CC(C1)CC(CC(=O)Nc1cccc4c(=O)n(Cc5cccnc5)ccc14)(C3)C2. The van der Waals surface area contributed by atoms with Crippen molar-refractivity contribution in [2.24, 2.45) is 16.7 Å². The number of amides is 1. The first-order valence-electron chi connectivity index (χ1n) is 11.9. The smallest absolute Gasteiger partial charge is 0.258 e. The van der Waals surface area contributed by atoms with Crippen molar-refractivity contribution >= 4 is 22.4 Å². The molecule has 5 heteroatoms. The highest BCUT2D eigenvalue weighted by Crippen LogP contribution is 2.63. The maximum absolute atomic E-state index is 13.2. The summed E-state index contributed by atoms with van der Waals surface area (Å²) >= 11 is 0. The zero-order valence-electron chi connectivity index (χ0n) is 19.0. The van der Waals surface area contributed by atoms with E-state index >= 15 is 0 Å². The van der Waals surface area contributed by atoms with Crippen LogP contribution in [-0.4, -0.2) is 15.5 Å². The molecule has 3 aromatic rings. The van der Waals surface area contributed by atoms with E-state index < -0.39 is 0 Å². The summed E-state index contributed by atoms with van der Waals surface area (Å²) in [6.45, 7) is 2.84. The Kier molecular flexibility index (Phi) is 4.58.